The van der Waals surface area contributed by atoms with E-state index in [-0.39, 0.29) is 0 Å². The fraction of sp³-hybridized carbons (Fsp3) is 0.133. The number of fused-ring (bicyclic) bond motifs is 1. The van der Waals surface area contributed by atoms with Crippen molar-refractivity contribution >= 4 is 28.1 Å². The minimum absolute atomic E-state index is 0.562. The van der Waals surface area contributed by atoms with E-state index in [1.54, 1.807) is 6.20 Å². The maximum absolute atomic E-state index is 4.46. The Kier molecular flexibility index (Phi) is 2.83. The first-order chi connectivity index (χ1) is 9.26. The summed E-state index contributed by atoms with van der Waals surface area (Å²) in [5, 5.41) is 3.92. The van der Waals surface area contributed by atoms with Gasteiger partial charge in [0.15, 0.2) is 0 Å². The van der Waals surface area contributed by atoms with Gasteiger partial charge in [-0.1, -0.05) is 18.7 Å². The zero-order valence-corrected chi connectivity index (χ0v) is 10.7. The molecule has 0 unspecified atom stereocenters. The average Bonchev–Trinajstić information content (AvgIpc) is 2.85. The Balaban J connectivity index is 2.02. The maximum Gasteiger partial charge on any atom is 0.227 e. The lowest BCUT2D eigenvalue weighted by Crippen LogP contribution is -1.95. The summed E-state index contributed by atoms with van der Waals surface area (Å²) in [4.78, 5) is 13.0. The molecule has 0 saturated heterocycles. The molecule has 0 atom stereocenters. The highest BCUT2D eigenvalue weighted by atomic mass is 15.1. The standard InChI is InChI=1S/C15H14N4/c1-3-16-15-18-8-12-5-4-11(7-14(12)19-15)13-6-10(2)17-9-13/h3-5,7-9H,1,6H2,2H3,(H,16,18,19). The lowest BCUT2D eigenvalue weighted by molar-refractivity contribution is 1.21. The molecule has 0 fully saturated rings. The van der Waals surface area contributed by atoms with E-state index < -0.39 is 0 Å². The summed E-state index contributed by atoms with van der Waals surface area (Å²) in [6.07, 6.45) is 6.22. The molecule has 4 nitrogen and oxygen atoms in total. The van der Waals surface area contributed by atoms with E-state index in [0.29, 0.717) is 5.95 Å². The third-order valence-electron chi connectivity index (χ3n) is 3.07. The van der Waals surface area contributed by atoms with Gasteiger partial charge < -0.3 is 5.32 Å². The molecule has 0 amide bonds. The SMILES string of the molecule is C=CNc1ncc2ccc(C3=CN=C(C)C3)cc2n1. The third kappa shape index (κ3) is 2.25. The molecule has 1 aliphatic heterocycles. The molecule has 0 spiro atoms. The van der Waals surface area contributed by atoms with E-state index in [0.717, 1.165) is 28.6 Å². The number of nitrogens with one attached hydrogen (secondary N) is 1. The van der Waals surface area contributed by atoms with Gasteiger partial charge in [-0.2, -0.15) is 0 Å². The number of rotatable bonds is 3. The summed E-state index contributed by atoms with van der Waals surface area (Å²) in [5.74, 6) is 0.562. The van der Waals surface area contributed by atoms with Crippen molar-refractivity contribution in [2.45, 2.75) is 13.3 Å². The van der Waals surface area contributed by atoms with Gasteiger partial charge >= 0.3 is 0 Å². The lowest BCUT2D eigenvalue weighted by atomic mass is 10.0. The van der Waals surface area contributed by atoms with Gasteiger partial charge in [0.1, 0.15) is 0 Å². The van der Waals surface area contributed by atoms with E-state index in [1.165, 1.54) is 5.57 Å². The van der Waals surface area contributed by atoms with Gasteiger partial charge in [0, 0.05) is 29.9 Å². The summed E-state index contributed by atoms with van der Waals surface area (Å²) in [5.41, 5.74) is 4.46. The molecule has 3 rings (SSSR count). The summed E-state index contributed by atoms with van der Waals surface area (Å²) in [7, 11) is 0. The summed E-state index contributed by atoms with van der Waals surface area (Å²) >= 11 is 0. The van der Waals surface area contributed by atoms with Gasteiger partial charge in [-0.25, -0.2) is 9.97 Å². The molecular formula is C15H14N4. The van der Waals surface area contributed by atoms with Crippen LogP contribution in [0.2, 0.25) is 0 Å². The van der Waals surface area contributed by atoms with Crippen molar-refractivity contribution in [3.63, 3.8) is 0 Å². The molecule has 1 aromatic carbocycles. The van der Waals surface area contributed by atoms with Crippen molar-refractivity contribution in [3.05, 3.63) is 48.9 Å². The van der Waals surface area contributed by atoms with Crippen LogP contribution in [0.4, 0.5) is 5.95 Å². The molecule has 1 N–H and O–H groups in total. The van der Waals surface area contributed by atoms with Gasteiger partial charge in [-0.3, -0.25) is 4.99 Å². The second-order valence-corrected chi connectivity index (χ2v) is 4.51. The van der Waals surface area contributed by atoms with Gasteiger partial charge in [0.2, 0.25) is 5.95 Å². The zero-order chi connectivity index (χ0) is 13.2. The fourth-order valence-electron chi connectivity index (χ4n) is 2.12. The Bertz CT molecular complexity index is 713. The minimum Gasteiger partial charge on any atom is -0.331 e. The van der Waals surface area contributed by atoms with Crippen LogP contribution in [0.1, 0.15) is 18.9 Å². The predicted octanol–water partition coefficient (Wildman–Crippen LogP) is 3.39. The Labute approximate surface area is 111 Å². The van der Waals surface area contributed by atoms with Crippen molar-refractivity contribution in [2.75, 3.05) is 5.32 Å². The molecule has 0 aliphatic carbocycles. The van der Waals surface area contributed by atoms with Crippen molar-refractivity contribution in [3.8, 4) is 0 Å². The van der Waals surface area contributed by atoms with Crippen LogP contribution in [0.25, 0.3) is 16.5 Å². The molecular weight excluding hydrogens is 236 g/mol. The van der Waals surface area contributed by atoms with Crippen LogP contribution in [0, 0.1) is 0 Å². The van der Waals surface area contributed by atoms with E-state index in [1.807, 2.05) is 25.4 Å². The molecule has 2 aromatic rings. The first-order valence-electron chi connectivity index (χ1n) is 6.13. The Morgan fingerprint density at radius 1 is 1.37 bits per heavy atom. The minimum atomic E-state index is 0.562. The normalized spacial score (nSPS) is 14.2. The van der Waals surface area contributed by atoms with Crippen molar-refractivity contribution < 1.29 is 0 Å². The quantitative estimate of drug-likeness (QED) is 0.908. The van der Waals surface area contributed by atoms with Gasteiger partial charge in [-0.05, 0) is 30.3 Å². The van der Waals surface area contributed by atoms with E-state index in [9.17, 15) is 0 Å². The number of aromatic nitrogens is 2. The molecule has 1 aliphatic rings. The number of anilines is 1. The second kappa shape index (κ2) is 4.65. The van der Waals surface area contributed by atoms with Crippen LogP contribution < -0.4 is 5.32 Å². The summed E-state index contributed by atoms with van der Waals surface area (Å²) in [6, 6.07) is 6.20. The van der Waals surface area contributed by atoms with E-state index in [2.05, 4.69) is 39.0 Å². The molecule has 0 bridgehead atoms. The first-order valence-corrected chi connectivity index (χ1v) is 6.13. The number of allylic oxidation sites excluding steroid dienone is 1. The molecule has 4 heteroatoms. The van der Waals surface area contributed by atoms with Crippen LogP contribution in [-0.4, -0.2) is 15.7 Å². The number of nitrogens with zero attached hydrogens (tertiary/aromatic N) is 3. The second-order valence-electron chi connectivity index (χ2n) is 4.51. The van der Waals surface area contributed by atoms with Crippen LogP contribution >= 0.6 is 0 Å². The molecule has 2 heterocycles. The van der Waals surface area contributed by atoms with Gasteiger partial charge in [0.05, 0.1) is 5.52 Å². The molecule has 94 valence electrons. The average molecular weight is 250 g/mol. The number of aliphatic imine (C=N–C) groups is 1. The van der Waals surface area contributed by atoms with Gasteiger partial charge in [0.25, 0.3) is 0 Å². The van der Waals surface area contributed by atoms with E-state index in [4.69, 9.17) is 0 Å². The van der Waals surface area contributed by atoms with E-state index >= 15 is 0 Å². The van der Waals surface area contributed by atoms with Crippen LogP contribution in [0.5, 0.6) is 0 Å². The van der Waals surface area contributed by atoms with Crippen LogP contribution in [-0.2, 0) is 0 Å². The smallest absolute Gasteiger partial charge is 0.227 e. The van der Waals surface area contributed by atoms with Crippen LogP contribution in [0.3, 0.4) is 0 Å². The largest absolute Gasteiger partial charge is 0.331 e. The van der Waals surface area contributed by atoms with Crippen LogP contribution in [0.15, 0.2) is 48.4 Å². The molecule has 1 aromatic heterocycles. The number of hydrogen-bond donors (Lipinski definition) is 1. The highest BCUT2D eigenvalue weighted by Gasteiger charge is 2.09. The lowest BCUT2D eigenvalue weighted by Gasteiger charge is -2.05. The maximum atomic E-state index is 4.46. The third-order valence-corrected chi connectivity index (χ3v) is 3.07. The summed E-state index contributed by atoms with van der Waals surface area (Å²) < 4.78 is 0. The molecule has 0 radical (unpaired) electrons. The predicted molar refractivity (Wildman–Crippen MR) is 79.1 cm³/mol. The first kappa shape index (κ1) is 11.6. The fourth-order valence-corrected chi connectivity index (χ4v) is 2.12. The Morgan fingerprint density at radius 3 is 3.00 bits per heavy atom. The monoisotopic (exact) mass is 250 g/mol. The highest BCUT2D eigenvalue weighted by Crippen LogP contribution is 2.26. The topological polar surface area (TPSA) is 50.2 Å². The van der Waals surface area contributed by atoms with Crippen molar-refractivity contribution in [1.82, 2.24) is 9.97 Å². The number of hydrogen-bond acceptors (Lipinski definition) is 4. The molecule has 0 saturated carbocycles. The zero-order valence-electron chi connectivity index (χ0n) is 10.7. The van der Waals surface area contributed by atoms with Crippen molar-refractivity contribution in [2.24, 2.45) is 4.99 Å². The van der Waals surface area contributed by atoms with Crippen molar-refractivity contribution in [1.29, 1.82) is 0 Å². The summed E-state index contributed by atoms with van der Waals surface area (Å²) in [6.45, 7) is 5.65. The Hall–Kier alpha value is -2.49. The Morgan fingerprint density at radius 2 is 2.26 bits per heavy atom. The highest BCUT2D eigenvalue weighted by molar-refractivity contribution is 5.97. The molecule has 19 heavy (non-hydrogen) atoms. The number of benzene rings is 1. The van der Waals surface area contributed by atoms with Gasteiger partial charge in [-0.15, -0.1) is 0 Å².